The highest BCUT2D eigenvalue weighted by Gasteiger charge is 2.32. The van der Waals surface area contributed by atoms with Crippen molar-refractivity contribution in [2.45, 2.75) is 46.6 Å². The summed E-state index contributed by atoms with van der Waals surface area (Å²) in [5.41, 5.74) is 2.64. The number of carbonyl (C=O) groups is 1. The van der Waals surface area contributed by atoms with Gasteiger partial charge in [-0.3, -0.25) is 9.48 Å². The van der Waals surface area contributed by atoms with Crippen molar-refractivity contribution in [3.8, 4) is 0 Å². The molecule has 0 saturated carbocycles. The third-order valence-corrected chi connectivity index (χ3v) is 4.53. The molecule has 1 aromatic rings. The van der Waals surface area contributed by atoms with Gasteiger partial charge in [-0.2, -0.15) is 5.10 Å². The van der Waals surface area contributed by atoms with Gasteiger partial charge in [-0.1, -0.05) is 13.8 Å². The molecule has 5 nitrogen and oxygen atoms in total. The summed E-state index contributed by atoms with van der Waals surface area (Å²) in [4.78, 5) is 12.4. The number of hydrogen-bond donors (Lipinski definition) is 2. The van der Waals surface area contributed by atoms with E-state index >= 15 is 0 Å². The minimum absolute atomic E-state index is 0.0173. The van der Waals surface area contributed by atoms with Crippen LogP contribution in [0.5, 0.6) is 0 Å². The van der Waals surface area contributed by atoms with Crippen molar-refractivity contribution in [1.29, 1.82) is 0 Å². The first-order valence-electron chi connectivity index (χ1n) is 7.34. The Morgan fingerprint density at radius 2 is 2.20 bits per heavy atom. The summed E-state index contributed by atoms with van der Waals surface area (Å²) in [6.45, 7) is 10.0. The van der Waals surface area contributed by atoms with Gasteiger partial charge in [-0.25, -0.2) is 0 Å². The first-order valence-corrected chi connectivity index (χ1v) is 7.34. The zero-order chi connectivity index (χ0) is 14.9. The molecule has 0 aliphatic carbocycles. The van der Waals surface area contributed by atoms with Crippen molar-refractivity contribution in [2.24, 2.45) is 12.5 Å². The lowest BCUT2D eigenvalue weighted by Gasteiger charge is -2.39. The zero-order valence-electron chi connectivity index (χ0n) is 13.2. The minimum atomic E-state index is -0.0173. The fourth-order valence-corrected chi connectivity index (χ4v) is 3.00. The number of nitrogens with zero attached hydrogens (tertiary/aromatic N) is 2. The number of carbonyl (C=O) groups excluding carboxylic acids is 1. The molecule has 2 N–H and O–H groups in total. The summed E-state index contributed by atoms with van der Waals surface area (Å²) in [5.74, 6) is -0.0173. The lowest BCUT2D eigenvalue weighted by atomic mass is 9.77. The van der Waals surface area contributed by atoms with E-state index in [-0.39, 0.29) is 11.3 Å². The monoisotopic (exact) mass is 278 g/mol. The normalized spacial score (nSPS) is 21.8. The predicted octanol–water partition coefficient (Wildman–Crippen LogP) is 1.54. The Morgan fingerprint density at radius 1 is 1.50 bits per heavy atom. The van der Waals surface area contributed by atoms with Gasteiger partial charge < -0.3 is 10.6 Å². The van der Waals surface area contributed by atoms with E-state index in [0.29, 0.717) is 18.2 Å². The van der Waals surface area contributed by atoms with Gasteiger partial charge in [-0.15, -0.1) is 0 Å². The van der Waals surface area contributed by atoms with E-state index in [1.54, 1.807) is 4.68 Å². The van der Waals surface area contributed by atoms with Crippen LogP contribution in [-0.2, 0) is 7.05 Å². The maximum Gasteiger partial charge on any atom is 0.255 e. The molecule has 1 aliphatic rings. The molecule has 0 aromatic carbocycles. The fourth-order valence-electron chi connectivity index (χ4n) is 3.00. The molecule has 1 fully saturated rings. The second kappa shape index (κ2) is 5.56. The van der Waals surface area contributed by atoms with E-state index in [0.717, 1.165) is 17.9 Å². The summed E-state index contributed by atoms with van der Waals surface area (Å²) in [6, 6.07) is 0.331. The first kappa shape index (κ1) is 15.0. The van der Waals surface area contributed by atoms with Crippen LogP contribution in [0.3, 0.4) is 0 Å². The smallest absolute Gasteiger partial charge is 0.255 e. The van der Waals surface area contributed by atoms with E-state index in [4.69, 9.17) is 0 Å². The van der Waals surface area contributed by atoms with Gasteiger partial charge >= 0.3 is 0 Å². The Hall–Kier alpha value is -1.36. The van der Waals surface area contributed by atoms with Crippen molar-refractivity contribution in [2.75, 3.05) is 13.1 Å². The predicted molar refractivity (Wildman–Crippen MR) is 79.8 cm³/mol. The topological polar surface area (TPSA) is 59.0 Å². The Balaban J connectivity index is 2.02. The number of piperidine rings is 1. The minimum Gasteiger partial charge on any atom is -0.350 e. The van der Waals surface area contributed by atoms with Gasteiger partial charge in [0.1, 0.15) is 0 Å². The fraction of sp³-hybridized carbons (Fsp3) is 0.733. The highest BCUT2D eigenvalue weighted by molar-refractivity contribution is 5.96. The number of rotatable bonds is 3. The largest absolute Gasteiger partial charge is 0.350 e. The van der Waals surface area contributed by atoms with Crippen molar-refractivity contribution in [1.82, 2.24) is 20.4 Å². The molecule has 20 heavy (non-hydrogen) atoms. The van der Waals surface area contributed by atoms with E-state index in [1.807, 2.05) is 20.9 Å². The van der Waals surface area contributed by atoms with Crippen molar-refractivity contribution < 1.29 is 4.79 Å². The van der Waals surface area contributed by atoms with Gasteiger partial charge in [-0.05, 0) is 38.6 Å². The third kappa shape index (κ3) is 2.87. The van der Waals surface area contributed by atoms with E-state index in [1.165, 1.54) is 12.8 Å². The standard InChI is InChI=1S/C15H26N4O/c1-10-13(11(2)19(5)18-10)14(20)17-9-12-15(3,4)7-6-8-16-12/h12,16H,6-9H2,1-5H3,(H,17,20). The molecule has 1 atom stereocenters. The molecule has 2 heterocycles. The molecular formula is C15H26N4O. The molecular weight excluding hydrogens is 252 g/mol. The second-order valence-corrected chi connectivity index (χ2v) is 6.48. The van der Waals surface area contributed by atoms with Gasteiger partial charge in [0.15, 0.2) is 0 Å². The molecule has 1 aliphatic heterocycles. The quantitative estimate of drug-likeness (QED) is 0.882. The maximum atomic E-state index is 12.4. The molecule has 0 radical (unpaired) electrons. The van der Waals surface area contributed by atoms with Gasteiger partial charge in [0.05, 0.1) is 11.3 Å². The molecule has 0 spiro atoms. The van der Waals surface area contributed by atoms with E-state index in [9.17, 15) is 4.79 Å². The highest BCUT2D eigenvalue weighted by atomic mass is 16.1. The van der Waals surface area contributed by atoms with Gasteiger partial charge in [0.25, 0.3) is 5.91 Å². The van der Waals surface area contributed by atoms with Gasteiger partial charge in [0.2, 0.25) is 0 Å². The first-order chi connectivity index (χ1) is 9.33. The Morgan fingerprint density at radius 3 is 2.75 bits per heavy atom. The van der Waals surface area contributed by atoms with Crippen LogP contribution in [0.25, 0.3) is 0 Å². The summed E-state index contributed by atoms with van der Waals surface area (Å²) in [6.07, 6.45) is 2.41. The summed E-state index contributed by atoms with van der Waals surface area (Å²) < 4.78 is 1.76. The van der Waals surface area contributed by atoms with Crippen LogP contribution in [0.15, 0.2) is 0 Å². The van der Waals surface area contributed by atoms with E-state index in [2.05, 4.69) is 29.6 Å². The summed E-state index contributed by atoms with van der Waals surface area (Å²) in [5, 5.41) is 10.9. The van der Waals surface area contributed by atoms with Crippen LogP contribution in [-0.4, -0.2) is 34.8 Å². The molecule has 2 rings (SSSR count). The van der Waals surface area contributed by atoms with Crippen molar-refractivity contribution in [3.63, 3.8) is 0 Å². The number of hydrogen-bond acceptors (Lipinski definition) is 3. The third-order valence-electron chi connectivity index (χ3n) is 4.53. The van der Waals surface area contributed by atoms with Gasteiger partial charge in [0, 0.05) is 25.3 Å². The van der Waals surface area contributed by atoms with Crippen molar-refractivity contribution in [3.05, 3.63) is 17.0 Å². The van der Waals surface area contributed by atoms with E-state index < -0.39 is 0 Å². The number of aryl methyl sites for hydroxylation is 2. The highest BCUT2D eigenvalue weighted by Crippen LogP contribution is 2.29. The molecule has 1 amide bonds. The van der Waals surface area contributed by atoms with Crippen LogP contribution in [0.4, 0.5) is 0 Å². The Kier molecular flexibility index (Phi) is 4.18. The average Bonchev–Trinajstić information content (AvgIpc) is 2.61. The summed E-state index contributed by atoms with van der Waals surface area (Å²) in [7, 11) is 1.87. The Bertz CT molecular complexity index is 504. The molecule has 1 unspecified atom stereocenters. The molecule has 0 bridgehead atoms. The lowest BCUT2D eigenvalue weighted by Crippen LogP contribution is -2.52. The van der Waals surface area contributed by atoms with Crippen LogP contribution >= 0.6 is 0 Å². The second-order valence-electron chi connectivity index (χ2n) is 6.48. The molecule has 1 aromatic heterocycles. The average molecular weight is 278 g/mol. The molecule has 112 valence electrons. The van der Waals surface area contributed by atoms with Crippen LogP contribution < -0.4 is 10.6 Å². The molecule has 1 saturated heterocycles. The Labute approximate surface area is 121 Å². The maximum absolute atomic E-state index is 12.4. The van der Waals surface area contributed by atoms with Crippen LogP contribution in [0.2, 0.25) is 0 Å². The van der Waals surface area contributed by atoms with Crippen LogP contribution in [0.1, 0.15) is 48.4 Å². The zero-order valence-corrected chi connectivity index (χ0v) is 13.2. The number of nitrogens with one attached hydrogen (secondary N) is 2. The van der Waals surface area contributed by atoms with Crippen molar-refractivity contribution >= 4 is 5.91 Å². The number of amides is 1. The lowest BCUT2D eigenvalue weighted by molar-refractivity contribution is 0.0927. The SMILES string of the molecule is Cc1nn(C)c(C)c1C(=O)NCC1NCCCC1(C)C. The van der Waals surface area contributed by atoms with Crippen LogP contribution in [0, 0.1) is 19.3 Å². The summed E-state index contributed by atoms with van der Waals surface area (Å²) >= 11 is 0. The molecule has 5 heteroatoms. The number of aromatic nitrogens is 2.